The third-order valence-corrected chi connectivity index (χ3v) is 6.68. The fraction of sp³-hybridized carbons (Fsp3) is 0.529. The molecule has 0 saturated heterocycles. The van der Waals surface area contributed by atoms with Gasteiger partial charge in [0.1, 0.15) is 0 Å². The molecule has 122 valence electrons. The first-order chi connectivity index (χ1) is 11.1. The number of hydrogen-bond acceptors (Lipinski definition) is 5. The van der Waals surface area contributed by atoms with Crippen molar-refractivity contribution < 1.29 is 14.2 Å². The first-order valence-corrected chi connectivity index (χ1v) is 9.61. The van der Waals surface area contributed by atoms with Gasteiger partial charge in [0.15, 0.2) is 0 Å². The van der Waals surface area contributed by atoms with Crippen LogP contribution in [-0.4, -0.2) is 37.1 Å². The van der Waals surface area contributed by atoms with Crippen molar-refractivity contribution in [2.75, 3.05) is 7.11 Å². The van der Waals surface area contributed by atoms with E-state index < -0.39 is 0 Å². The molecule has 0 N–H and O–H groups in total. The van der Waals surface area contributed by atoms with Gasteiger partial charge in [0.05, 0.1) is 0 Å². The number of benzene rings is 1. The van der Waals surface area contributed by atoms with Gasteiger partial charge in [-0.25, -0.2) is 0 Å². The zero-order chi connectivity index (χ0) is 16.0. The molecule has 0 unspecified atom stereocenters. The Hall–Kier alpha value is -1.52. The monoisotopic (exact) mass is 380 g/mol. The minimum absolute atomic E-state index is 0.0166. The minimum atomic E-state index is -0.370. The maximum atomic E-state index is 6.24. The molecule has 0 radical (unpaired) electrons. The average molecular weight is 379 g/mol. The Morgan fingerprint density at radius 3 is 2.74 bits per heavy atom. The Labute approximate surface area is 141 Å². The summed E-state index contributed by atoms with van der Waals surface area (Å²) in [5.41, 5.74) is 1.53. The van der Waals surface area contributed by atoms with Crippen LogP contribution >= 0.6 is 0 Å². The van der Waals surface area contributed by atoms with Crippen molar-refractivity contribution in [1.29, 1.82) is 0 Å². The topological polar surface area (TPSA) is 53.5 Å². The molecule has 1 aliphatic heterocycles. The van der Waals surface area contributed by atoms with Gasteiger partial charge in [0.25, 0.3) is 0 Å². The van der Waals surface area contributed by atoms with Gasteiger partial charge < -0.3 is 0 Å². The zero-order valence-electron chi connectivity index (χ0n) is 13.6. The molecule has 6 heteroatoms. The van der Waals surface area contributed by atoms with Crippen LogP contribution in [0.3, 0.4) is 0 Å². The van der Waals surface area contributed by atoms with E-state index >= 15 is 0 Å². The quantitative estimate of drug-likeness (QED) is 0.767. The molecule has 1 fully saturated rings. The number of aromatic nitrogens is 2. The van der Waals surface area contributed by atoms with E-state index in [0.717, 1.165) is 41.3 Å². The Kier molecular flexibility index (Phi) is 3.62. The molecule has 1 saturated carbocycles. The third-order valence-electron chi connectivity index (χ3n) is 4.52. The van der Waals surface area contributed by atoms with Crippen LogP contribution in [0.15, 0.2) is 12.1 Å². The molecule has 2 aliphatic rings. The van der Waals surface area contributed by atoms with E-state index in [0.29, 0.717) is 0 Å². The summed E-state index contributed by atoms with van der Waals surface area (Å²) in [6.45, 7) is 4.15. The van der Waals surface area contributed by atoms with E-state index in [1.807, 2.05) is 12.1 Å². The van der Waals surface area contributed by atoms with Gasteiger partial charge in [-0.05, 0) is 0 Å². The predicted octanol–water partition coefficient (Wildman–Crippen LogP) is 3.16. The van der Waals surface area contributed by atoms with Crippen LogP contribution in [0.4, 0.5) is 0 Å². The number of nitrogens with zero attached hydrogens (tertiary/aromatic N) is 2. The Bertz CT molecular complexity index is 735. The van der Waals surface area contributed by atoms with Crippen molar-refractivity contribution >= 4 is 14.7 Å². The van der Waals surface area contributed by atoms with Crippen LogP contribution in [0.2, 0.25) is 0 Å². The molecule has 0 bridgehead atoms. The van der Waals surface area contributed by atoms with Crippen molar-refractivity contribution in [3.8, 4) is 28.5 Å². The summed E-state index contributed by atoms with van der Waals surface area (Å²) >= 11 is 0.0166. The number of hydrogen-bond donors (Lipinski definition) is 0. The van der Waals surface area contributed by atoms with Crippen LogP contribution in [-0.2, 0) is 5.60 Å². The van der Waals surface area contributed by atoms with Crippen molar-refractivity contribution in [1.82, 2.24) is 9.19 Å². The average Bonchev–Trinajstić information content (AvgIpc) is 3.18. The normalized spacial score (nSPS) is 18.9. The van der Waals surface area contributed by atoms with Crippen LogP contribution in [0.25, 0.3) is 11.3 Å². The third kappa shape index (κ3) is 2.54. The molecule has 1 aromatic carbocycles. The van der Waals surface area contributed by atoms with Gasteiger partial charge in [0, 0.05) is 0 Å². The summed E-state index contributed by atoms with van der Waals surface area (Å²) in [6.07, 6.45) is 4.97. The van der Waals surface area contributed by atoms with E-state index in [4.69, 9.17) is 14.2 Å². The molecule has 4 rings (SSSR count). The van der Waals surface area contributed by atoms with Gasteiger partial charge in [-0.1, -0.05) is 0 Å². The standard InChI is InChI=1S/C17H20N2O3Se/c1-17(2)16-15(18-19-23-16)11-8-13(20-3)14(9-12(11)22-17)21-10-6-4-5-7-10/h8-10H,4-7H2,1-3H3. The molecular formula is C17H20N2O3Se. The van der Waals surface area contributed by atoms with Gasteiger partial charge in [-0.3, -0.25) is 0 Å². The molecule has 0 spiro atoms. The van der Waals surface area contributed by atoms with Crippen molar-refractivity contribution in [3.63, 3.8) is 0 Å². The number of ether oxygens (including phenoxy) is 3. The summed E-state index contributed by atoms with van der Waals surface area (Å²) < 4.78 is 23.4. The first-order valence-electron chi connectivity index (χ1n) is 7.99. The van der Waals surface area contributed by atoms with E-state index in [2.05, 4.69) is 23.0 Å². The van der Waals surface area contributed by atoms with Crippen LogP contribution in [0, 0.1) is 0 Å². The summed E-state index contributed by atoms with van der Waals surface area (Å²) in [4.78, 5) is 0. The first kappa shape index (κ1) is 15.0. The van der Waals surface area contributed by atoms with Gasteiger partial charge in [-0.2, -0.15) is 0 Å². The van der Waals surface area contributed by atoms with Crippen LogP contribution in [0.1, 0.15) is 44.0 Å². The second-order valence-corrected chi connectivity index (χ2v) is 8.17. The SMILES string of the molecule is COc1cc2c(cc1OC1CCCC1)OC(C)(C)c1[se]nnc1-2. The maximum absolute atomic E-state index is 6.24. The van der Waals surface area contributed by atoms with Gasteiger partial charge >= 0.3 is 142 Å². The van der Waals surface area contributed by atoms with Crippen molar-refractivity contribution in [2.45, 2.75) is 51.2 Å². The summed E-state index contributed by atoms with van der Waals surface area (Å²) in [5.74, 6) is 2.30. The molecule has 1 aliphatic carbocycles. The van der Waals surface area contributed by atoms with E-state index in [-0.39, 0.29) is 26.4 Å². The second kappa shape index (κ2) is 5.53. The molecule has 1 aromatic heterocycles. The fourth-order valence-corrected chi connectivity index (χ4v) is 4.81. The predicted molar refractivity (Wildman–Crippen MR) is 87.5 cm³/mol. The van der Waals surface area contributed by atoms with E-state index in [9.17, 15) is 0 Å². The van der Waals surface area contributed by atoms with Gasteiger partial charge in [-0.15, -0.1) is 0 Å². The van der Waals surface area contributed by atoms with Gasteiger partial charge in [0.2, 0.25) is 0 Å². The van der Waals surface area contributed by atoms with Crippen molar-refractivity contribution in [3.05, 3.63) is 16.6 Å². The Morgan fingerprint density at radius 2 is 2.00 bits per heavy atom. The molecule has 2 aromatic rings. The Morgan fingerprint density at radius 1 is 1.22 bits per heavy atom. The fourth-order valence-electron chi connectivity index (χ4n) is 3.33. The van der Waals surface area contributed by atoms with Crippen LogP contribution < -0.4 is 14.2 Å². The summed E-state index contributed by atoms with van der Waals surface area (Å²) in [7, 11) is 1.67. The molecule has 23 heavy (non-hydrogen) atoms. The number of methoxy groups -OCH3 is 1. The molecule has 0 amide bonds. The van der Waals surface area contributed by atoms with Crippen molar-refractivity contribution in [2.24, 2.45) is 0 Å². The molecule has 2 heterocycles. The number of fused-ring (bicyclic) bond motifs is 3. The molecule has 5 nitrogen and oxygen atoms in total. The zero-order valence-corrected chi connectivity index (χ0v) is 15.3. The second-order valence-electron chi connectivity index (χ2n) is 6.59. The van der Waals surface area contributed by atoms with E-state index in [1.54, 1.807) is 7.11 Å². The Balaban J connectivity index is 1.78. The van der Waals surface area contributed by atoms with Crippen LogP contribution in [0.5, 0.6) is 17.2 Å². The summed E-state index contributed by atoms with van der Waals surface area (Å²) in [5, 5.41) is 4.36. The summed E-state index contributed by atoms with van der Waals surface area (Å²) in [6, 6.07) is 3.93. The molecule has 0 atom stereocenters. The number of rotatable bonds is 3. The molecular weight excluding hydrogens is 359 g/mol. The van der Waals surface area contributed by atoms with E-state index in [1.165, 1.54) is 17.3 Å².